The molecule has 0 aliphatic heterocycles. The van der Waals surface area contributed by atoms with Crippen LogP contribution >= 0.6 is 0 Å². The highest BCUT2D eigenvalue weighted by Gasteiger charge is 2.10. The third-order valence-electron chi connectivity index (χ3n) is 4.19. The molecule has 0 unspecified atom stereocenters. The number of pyridine rings is 1. The quantitative estimate of drug-likeness (QED) is 0.782. The number of nitrogens with one attached hydrogen (secondary N) is 1. The van der Waals surface area contributed by atoms with Gasteiger partial charge < -0.3 is 10.1 Å². The number of benzene rings is 1. The molecule has 120 valence electrons. The molecule has 1 aliphatic rings. The zero-order valence-electron chi connectivity index (χ0n) is 13.4. The fraction of sp³-hybridized carbons (Fsp3) is 0.350. The molecule has 1 aliphatic carbocycles. The second-order valence-electron chi connectivity index (χ2n) is 6.06. The van der Waals surface area contributed by atoms with Gasteiger partial charge in [0.2, 0.25) is 0 Å². The van der Waals surface area contributed by atoms with Gasteiger partial charge in [0.05, 0.1) is 6.61 Å². The first-order valence-electron chi connectivity index (χ1n) is 8.36. The summed E-state index contributed by atoms with van der Waals surface area (Å²) in [5.74, 6) is 1.64. The Morgan fingerprint density at radius 1 is 0.957 bits per heavy atom. The minimum atomic E-state index is 0.668. The number of nitrogens with zero attached hydrogens (tertiary/aromatic N) is 1. The largest absolute Gasteiger partial charge is 0.493 e. The number of hydrogen-bond acceptors (Lipinski definition) is 3. The minimum Gasteiger partial charge on any atom is -0.493 e. The topological polar surface area (TPSA) is 34.1 Å². The van der Waals surface area contributed by atoms with Crippen LogP contribution in [0, 0.1) is 5.92 Å². The van der Waals surface area contributed by atoms with Crippen LogP contribution in [0.1, 0.15) is 30.4 Å². The van der Waals surface area contributed by atoms with E-state index in [2.05, 4.69) is 46.7 Å². The molecule has 1 heterocycles. The average Bonchev–Trinajstić information content (AvgIpc) is 2.63. The van der Waals surface area contributed by atoms with Crippen molar-refractivity contribution in [1.29, 1.82) is 0 Å². The first-order valence-corrected chi connectivity index (χ1v) is 8.36. The number of hydrogen-bond donors (Lipinski definition) is 1. The molecule has 23 heavy (non-hydrogen) atoms. The predicted octanol–water partition coefficient (Wildman–Crippen LogP) is 4.11. The maximum Gasteiger partial charge on any atom is 0.119 e. The molecule has 0 saturated heterocycles. The fourth-order valence-electron chi connectivity index (χ4n) is 2.78. The van der Waals surface area contributed by atoms with E-state index in [9.17, 15) is 0 Å². The van der Waals surface area contributed by atoms with Crippen LogP contribution in [0.15, 0.2) is 60.9 Å². The Bertz CT molecular complexity index is 607. The number of aromatic nitrogens is 1. The smallest absolute Gasteiger partial charge is 0.119 e. The van der Waals surface area contributed by atoms with E-state index in [1.165, 1.54) is 24.0 Å². The summed E-state index contributed by atoms with van der Waals surface area (Å²) in [7, 11) is 0. The molecule has 0 bridgehead atoms. The van der Waals surface area contributed by atoms with E-state index in [1.807, 2.05) is 24.5 Å². The van der Waals surface area contributed by atoms with Gasteiger partial charge in [-0.1, -0.05) is 24.3 Å². The van der Waals surface area contributed by atoms with Crippen molar-refractivity contribution in [2.75, 3.05) is 6.61 Å². The Labute approximate surface area is 138 Å². The molecule has 0 spiro atoms. The van der Waals surface area contributed by atoms with Gasteiger partial charge in [-0.3, -0.25) is 4.98 Å². The summed E-state index contributed by atoms with van der Waals surface area (Å²) in [4.78, 5) is 4.03. The molecule has 0 radical (unpaired) electrons. The van der Waals surface area contributed by atoms with Gasteiger partial charge in [0, 0.05) is 25.5 Å². The number of allylic oxidation sites excluding steroid dienone is 2. The van der Waals surface area contributed by atoms with E-state index in [1.54, 1.807) is 0 Å². The molecular weight excluding hydrogens is 284 g/mol. The van der Waals surface area contributed by atoms with Crippen molar-refractivity contribution in [2.45, 2.75) is 32.4 Å². The summed E-state index contributed by atoms with van der Waals surface area (Å²) >= 11 is 0. The van der Waals surface area contributed by atoms with Gasteiger partial charge >= 0.3 is 0 Å². The predicted molar refractivity (Wildman–Crippen MR) is 93.2 cm³/mol. The Morgan fingerprint density at radius 2 is 1.70 bits per heavy atom. The van der Waals surface area contributed by atoms with Crippen LogP contribution < -0.4 is 10.1 Å². The van der Waals surface area contributed by atoms with Crippen molar-refractivity contribution < 1.29 is 4.74 Å². The lowest BCUT2D eigenvalue weighted by Crippen LogP contribution is -2.14. The summed E-state index contributed by atoms with van der Waals surface area (Å²) in [5, 5.41) is 3.44. The van der Waals surface area contributed by atoms with Gasteiger partial charge in [-0.2, -0.15) is 0 Å². The average molecular weight is 308 g/mol. The molecule has 0 fully saturated rings. The maximum atomic E-state index is 5.91. The lowest BCUT2D eigenvalue weighted by molar-refractivity contribution is 0.239. The van der Waals surface area contributed by atoms with Crippen LogP contribution in [-0.4, -0.2) is 11.6 Å². The number of rotatable bonds is 7. The molecular formula is C20H24N2O. The monoisotopic (exact) mass is 308 g/mol. The zero-order chi connectivity index (χ0) is 15.7. The summed E-state index contributed by atoms with van der Waals surface area (Å²) in [6.07, 6.45) is 11.8. The van der Waals surface area contributed by atoms with E-state index >= 15 is 0 Å². The van der Waals surface area contributed by atoms with Crippen LogP contribution in [0.4, 0.5) is 0 Å². The standard InChI is InChI=1S/C20H24N2O/c1-2-4-19(5-3-1)16-23-20-8-6-17(7-9-20)14-22-15-18-10-12-21-13-11-18/h1-2,6-13,19,22H,3-5,14-16H2/t19-/m0/s1. The Hall–Kier alpha value is -2.13. The molecule has 3 nitrogen and oxygen atoms in total. The molecule has 2 aromatic rings. The molecule has 1 aromatic carbocycles. The van der Waals surface area contributed by atoms with Crippen LogP contribution in [0.5, 0.6) is 5.75 Å². The fourth-order valence-corrected chi connectivity index (χ4v) is 2.78. The molecule has 1 N–H and O–H groups in total. The van der Waals surface area contributed by atoms with Crippen LogP contribution in [0.3, 0.4) is 0 Å². The first-order chi connectivity index (χ1) is 11.4. The second-order valence-corrected chi connectivity index (χ2v) is 6.06. The van der Waals surface area contributed by atoms with Crippen LogP contribution in [-0.2, 0) is 13.1 Å². The highest BCUT2D eigenvalue weighted by molar-refractivity contribution is 5.27. The van der Waals surface area contributed by atoms with E-state index < -0.39 is 0 Å². The third-order valence-corrected chi connectivity index (χ3v) is 4.19. The molecule has 3 rings (SSSR count). The van der Waals surface area contributed by atoms with Gasteiger partial charge in [0.1, 0.15) is 5.75 Å². The Morgan fingerprint density at radius 3 is 2.39 bits per heavy atom. The Balaban J connectivity index is 1.41. The van der Waals surface area contributed by atoms with Gasteiger partial charge in [-0.15, -0.1) is 0 Å². The van der Waals surface area contributed by atoms with Crippen molar-refractivity contribution in [3.05, 3.63) is 72.1 Å². The highest BCUT2D eigenvalue weighted by Crippen LogP contribution is 2.20. The van der Waals surface area contributed by atoms with Crippen LogP contribution in [0.25, 0.3) is 0 Å². The molecule has 0 saturated carbocycles. The summed E-state index contributed by atoms with van der Waals surface area (Å²) < 4.78 is 5.91. The van der Waals surface area contributed by atoms with E-state index in [0.29, 0.717) is 5.92 Å². The van der Waals surface area contributed by atoms with Gasteiger partial charge in [0.15, 0.2) is 0 Å². The van der Waals surface area contributed by atoms with Crippen molar-refractivity contribution in [2.24, 2.45) is 5.92 Å². The van der Waals surface area contributed by atoms with Gasteiger partial charge in [0.25, 0.3) is 0 Å². The third kappa shape index (κ3) is 5.22. The minimum absolute atomic E-state index is 0.668. The maximum absolute atomic E-state index is 5.91. The normalized spacial score (nSPS) is 17.1. The van der Waals surface area contributed by atoms with Crippen molar-refractivity contribution >= 4 is 0 Å². The van der Waals surface area contributed by atoms with Crippen molar-refractivity contribution in [1.82, 2.24) is 10.3 Å². The number of ether oxygens (including phenoxy) is 1. The molecule has 3 heteroatoms. The van der Waals surface area contributed by atoms with E-state index in [0.717, 1.165) is 31.9 Å². The van der Waals surface area contributed by atoms with Crippen molar-refractivity contribution in [3.8, 4) is 5.75 Å². The van der Waals surface area contributed by atoms with Crippen molar-refractivity contribution in [3.63, 3.8) is 0 Å². The molecule has 0 amide bonds. The summed E-state index contributed by atoms with van der Waals surface area (Å²) in [6, 6.07) is 12.5. The molecule has 1 atom stereocenters. The second kappa shape index (κ2) is 8.49. The SMILES string of the molecule is C1=CC[C@H](COc2ccc(CNCc3ccncc3)cc2)CC1. The highest BCUT2D eigenvalue weighted by atomic mass is 16.5. The lowest BCUT2D eigenvalue weighted by Gasteiger charge is -2.18. The van der Waals surface area contributed by atoms with E-state index in [-0.39, 0.29) is 0 Å². The Kier molecular flexibility index (Phi) is 5.81. The molecule has 1 aromatic heterocycles. The van der Waals surface area contributed by atoms with Gasteiger partial charge in [-0.25, -0.2) is 0 Å². The lowest BCUT2D eigenvalue weighted by atomic mass is 9.95. The van der Waals surface area contributed by atoms with E-state index in [4.69, 9.17) is 4.74 Å². The first kappa shape index (κ1) is 15.8. The van der Waals surface area contributed by atoms with Gasteiger partial charge in [-0.05, 0) is 60.6 Å². The van der Waals surface area contributed by atoms with Crippen LogP contribution in [0.2, 0.25) is 0 Å². The summed E-state index contributed by atoms with van der Waals surface area (Å²) in [5.41, 5.74) is 2.52. The summed E-state index contributed by atoms with van der Waals surface area (Å²) in [6.45, 7) is 2.54. The zero-order valence-corrected chi connectivity index (χ0v) is 13.4.